The summed E-state index contributed by atoms with van der Waals surface area (Å²) in [6.07, 6.45) is 4.34. The SMILES string of the molecule is O=[N+]([O-])c1ccc(-c2cc[c]nc2)cc1. The Labute approximate surface area is 86.4 Å². The number of hydrogen-bond acceptors (Lipinski definition) is 3. The van der Waals surface area contributed by atoms with Crippen LogP contribution in [0.2, 0.25) is 0 Å². The first-order valence-electron chi connectivity index (χ1n) is 4.34. The molecule has 0 unspecified atom stereocenters. The summed E-state index contributed by atoms with van der Waals surface area (Å²) in [5.41, 5.74) is 1.92. The van der Waals surface area contributed by atoms with Crippen LogP contribution >= 0.6 is 0 Å². The Morgan fingerprint density at radius 2 is 1.87 bits per heavy atom. The minimum absolute atomic E-state index is 0.0919. The molecule has 0 aliphatic carbocycles. The van der Waals surface area contributed by atoms with Crippen molar-refractivity contribution in [2.24, 2.45) is 0 Å². The van der Waals surface area contributed by atoms with Crippen LogP contribution in [0.1, 0.15) is 0 Å². The van der Waals surface area contributed by atoms with E-state index in [0.29, 0.717) is 0 Å². The smallest absolute Gasteiger partial charge is 0.258 e. The lowest BCUT2D eigenvalue weighted by Crippen LogP contribution is -1.87. The molecule has 0 spiro atoms. The summed E-state index contributed by atoms with van der Waals surface area (Å²) in [6.45, 7) is 0. The number of hydrogen-bond donors (Lipinski definition) is 0. The summed E-state index contributed by atoms with van der Waals surface area (Å²) in [6, 6.07) is 9.92. The average molecular weight is 199 g/mol. The van der Waals surface area contributed by atoms with Crippen LogP contribution < -0.4 is 0 Å². The van der Waals surface area contributed by atoms with E-state index in [1.165, 1.54) is 12.1 Å². The summed E-state index contributed by atoms with van der Waals surface area (Å²) in [4.78, 5) is 13.9. The maximum absolute atomic E-state index is 10.4. The maximum atomic E-state index is 10.4. The molecule has 0 N–H and O–H groups in total. The third-order valence-electron chi connectivity index (χ3n) is 2.03. The molecule has 4 nitrogen and oxygen atoms in total. The zero-order valence-electron chi connectivity index (χ0n) is 7.75. The summed E-state index contributed by atoms with van der Waals surface area (Å²) < 4.78 is 0. The first-order valence-corrected chi connectivity index (χ1v) is 4.34. The van der Waals surface area contributed by atoms with Gasteiger partial charge in [0.25, 0.3) is 5.69 Å². The molecule has 4 heteroatoms. The predicted octanol–water partition coefficient (Wildman–Crippen LogP) is 2.46. The molecular formula is C11H7N2O2. The van der Waals surface area contributed by atoms with Crippen molar-refractivity contribution in [3.63, 3.8) is 0 Å². The summed E-state index contributed by atoms with van der Waals surface area (Å²) >= 11 is 0. The topological polar surface area (TPSA) is 56.0 Å². The van der Waals surface area contributed by atoms with Gasteiger partial charge >= 0.3 is 0 Å². The molecule has 2 aromatic rings. The third-order valence-corrected chi connectivity index (χ3v) is 2.03. The summed E-state index contributed by atoms with van der Waals surface area (Å²) in [7, 11) is 0. The first kappa shape index (κ1) is 9.33. The molecule has 15 heavy (non-hydrogen) atoms. The molecule has 0 bridgehead atoms. The molecular weight excluding hydrogens is 192 g/mol. The van der Waals surface area contributed by atoms with Gasteiger partial charge in [0, 0.05) is 23.9 Å². The van der Waals surface area contributed by atoms with Crippen molar-refractivity contribution in [1.29, 1.82) is 0 Å². The van der Waals surface area contributed by atoms with Crippen molar-refractivity contribution in [2.75, 3.05) is 0 Å². The van der Waals surface area contributed by atoms with Gasteiger partial charge in [0.05, 0.1) is 11.1 Å². The van der Waals surface area contributed by atoms with E-state index in [1.54, 1.807) is 24.4 Å². The minimum Gasteiger partial charge on any atom is -0.258 e. The van der Waals surface area contributed by atoms with Gasteiger partial charge in [-0.25, -0.2) is 0 Å². The fourth-order valence-electron chi connectivity index (χ4n) is 1.27. The standard InChI is InChI=1S/C11H7N2O2/c14-13(15)11-5-3-9(4-6-11)10-2-1-7-12-8-10/h1-6,8H. The lowest BCUT2D eigenvalue weighted by atomic mass is 10.1. The highest BCUT2D eigenvalue weighted by Gasteiger charge is 2.04. The highest BCUT2D eigenvalue weighted by molar-refractivity contribution is 5.63. The number of nitro benzene ring substituents is 1. The van der Waals surface area contributed by atoms with Crippen LogP contribution in [0, 0.1) is 16.3 Å². The van der Waals surface area contributed by atoms with E-state index >= 15 is 0 Å². The number of pyridine rings is 1. The Morgan fingerprint density at radius 1 is 1.13 bits per heavy atom. The van der Waals surface area contributed by atoms with Crippen molar-refractivity contribution >= 4 is 5.69 Å². The van der Waals surface area contributed by atoms with Gasteiger partial charge in [-0.2, -0.15) is 0 Å². The van der Waals surface area contributed by atoms with E-state index in [9.17, 15) is 10.1 Å². The van der Waals surface area contributed by atoms with Gasteiger partial charge in [0.2, 0.25) is 0 Å². The zero-order chi connectivity index (χ0) is 10.7. The molecule has 2 rings (SSSR count). The highest BCUT2D eigenvalue weighted by Crippen LogP contribution is 2.20. The van der Waals surface area contributed by atoms with Crippen LogP contribution in [0.4, 0.5) is 5.69 Å². The van der Waals surface area contributed by atoms with Crippen molar-refractivity contribution in [2.45, 2.75) is 0 Å². The molecule has 0 saturated heterocycles. The zero-order valence-corrected chi connectivity index (χ0v) is 7.75. The number of nitrogens with zero attached hydrogens (tertiary/aromatic N) is 2. The lowest BCUT2D eigenvalue weighted by molar-refractivity contribution is -0.384. The van der Waals surface area contributed by atoms with Crippen molar-refractivity contribution in [1.82, 2.24) is 4.98 Å². The van der Waals surface area contributed by atoms with Crippen LogP contribution in [0.3, 0.4) is 0 Å². The molecule has 1 aromatic carbocycles. The average Bonchev–Trinajstić information content (AvgIpc) is 2.30. The van der Waals surface area contributed by atoms with Crippen molar-refractivity contribution < 1.29 is 4.92 Å². The van der Waals surface area contributed by atoms with E-state index in [0.717, 1.165) is 11.1 Å². The Hall–Kier alpha value is -2.23. The van der Waals surface area contributed by atoms with Crippen molar-refractivity contribution in [3.05, 3.63) is 58.9 Å². The number of aromatic nitrogens is 1. The van der Waals surface area contributed by atoms with Gasteiger partial charge in [0.1, 0.15) is 0 Å². The first-order chi connectivity index (χ1) is 7.27. The van der Waals surface area contributed by atoms with E-state index < -0.39 is 4.92 Å². The number of nitro groups is 1. The van der Waals surface area contributed by atoms with Crippen LogP contribution in [-0.4, -0.2) is 9.91 Å². The van der Waals surface area contributed by atoms with Crippen LogP contribution in [-0.2, 0) is 0 Å². The molecule has 0 aliphatic heterocycles. The van der Waals surface area contributed by atoms with E-state index in [-0.39, 0.29) is 5.69 Å². The van der Waals surface area contributed by atoms with Crippen LogP contribution in [0.25, 0.3) is 11.1 Å². The van der Waals surface area contributed by atoms with Crippen LogP contribution in [0.5, 0.6) is 0 Å². The predicted molar refractivity (Wildman–Crippen MR) is 55.2 cm³/mol. The molecule has 73 valence electrons. The lowest BCUT2D eigenvalue weighted by Gasteiger charge is -1.99. The second-order valence-corrected chi connectivity index (χ2v) is 2.98. The van der Waals surface area contributed by atoms with E-state index in [2.05, 4.69) is 11.2 Å². The molecule has 0 saturated carbocycles. The van der Waals surface area contributed by atoms with Gasteiger partial charge in [-0.05, 0) is 23.8 Å². The molecule has 1 radical (unpaired) electrons. The largest absolute Gasteiger partial charge is 0.269 e. The Kier molecular flexibility index (Phi) is 2.41. The molecule has 0 aliphatic rings. The fraction of sp³-hybridized carbons (Fsp3) is 0. The number of rotatable bonds is 2. The molecule has 0 amide bonds. The number of non-ortho nitro benzene ring substituents is 1. The fourth-order valence-corrected chi connectivity index (χ4v) is 1.27. The second kappa shape index (κ2) is 3.88. The number of benzene rings is 1. The molecule has 1 aromatic heterocycles. The maximum Gasteiger partial charge on any atom is 0.269 e. The minimum atomic E-state index is -0.416. The third kappa shape index (κ3) is 1.99. The van der Waals surface area contributed by atoms with Gasteiger partial charge in [-0.1, -0.05) is 6.07 Å². The van der Waals surface area contributed by atoms with E-state index in [4.69, 9.17) is 0 Å². The highest BCUT2D eigenvalue weighted by atomic mass is 16.6. The van der Waals surface area contributed by atoms with Crippen LogP contribution in [0.15, 0.2) is 42.6 Å². The van der Waals surface area contributed by atoms with Gasteiger partial charge in [0.15, 0.2) is 0 Å². The quantitative estimate of drug-likeness (QED) is 0.551. The Balaban J connectivity index is 2.36. The van der Waals surface area contributed by atoms with Gasteiger partial charge in [-0.3, -0.25) is 15.1 Å². The summed E-state index contributed by atoms with van der Waals surface area (Å²) in [5.74, 6) is 0. The van der Waals surface area contributed by atoms with E-state index in [1.807, 2.05) is 6.07 Å². The summed E-state index contributed by atoms with van der Waals surface area (Å²) in [5, 5.41) is 10.4. The Bertz CT molecular complexity index is 466. The monoisotopic (exact) mass is 199 g/mol. The molecule has 0 fully saturated rings. The van der Waals surface area contributed by atoms with Gasteiger partial charge < -0.3 is 0 Å². The Morgan fingerprint density at radius 3 is 2.40 bits per heavy atom. The molecule has 1 heterocycles. The normalized spacial score (nSPS) is 9.87. The van der Waals surface area contributed by atoms with Crippen molar-refractivity contribution in [3.8, 4) is 11.1 Å². The van der Waals surface area contributed by atoms with Gasteiger partial charge in [-0.15, -0.1) is 0 Å². The molecule has 0 atom stereocenters. The second-order valence-electron chi connectivity index (χ2n) is 2.98.